The van der Waals surface area contributed by atoms with E-state index in [0.29, 0.717) is 43.2 Å². The Labute approximate surface area is 212 Å². The number of carbonyl (C=O) groups excluding carboxylic acids is 2. The van der Waals surface area contributed by atoms with Crippen molar-refractivity contribution in [3.05, 3.63) is 39.7 Å². The number of carbonyl (C=O) groups is 2. The van der Waals surface area contributed by atoms with Crippen LogP contribution in [0, 0.1) is 0 Å². The van der Waals surface area contributed by atoms with E-state index in [0.717, 1.165) is 41.6 Å². The average Bonchev–Trinajstić information content (AvgIpc) is 3.61. The van der Waals surface area contributed by atoms with Gasteiger partial charge in [0.15, 0.2) is 0 Å². The molecule has 1 aromatic carbocycles. The van der Waals surface area contributed by atoms with Gasteiger partial charge in [-0.15, -0.1) is 5.10 Å². The molecule has 0 unspecified atom stereocenters. The van der Waals surface area contributed by atoms with Crippen molar-refractivity contribution in [2.75, 3.05) is 26.2 Å². The number of aryl methyl sites for hydroxylation is 1. The van der Waals surface area contributed by atoms with E-state index in [1.165, 1.54) is 7.05 Å². The number of benzene rings is 1. The number of amides is 2. The summed E-state index contributed by atoms with van der Waals surface area (Å²) in [4.78, 5) is 29.7. The van der Waals surface area contributed by atoms with Gasteiger partial charge in [0.05, 0.1) is 12.1 Å². The summed E-state index contributed by atoms with van der Waals surface area (Å²) in [5, 5.41) is 11.4. The van der Waals surface area contributed by atoms with Crippen LogP contribution in [0.15, 0.2) is 12.1 Å². The second-order valence-corrected chi connectivity index (χ2v) is 9.87. The zero-order chi connectivity index (χ0) is 25.4. The molecule has 36 heavy (non-hydrogen) atoms. The minimum Gasteiger partial charge on any atom is -0.487 e. The van der Waals surface area contributed by atoms with E-state index >= 15 is 0 Å². The van der Waals surface area contributed by atoms with Gasteiger partial charge in [0.1, 0.15) is 23.7 Å². The second-order valence-electron chi connectivity index (χ2n) is 9.46. The molecule has 0 saturated carbocycles. The predicted molar refractivity (Wildman–Crippen MR) is 127 cm³/mol. The molecule has 1 aromatic heterocycles. The van der Waals surface area contributed by atoms with Gasteiger partial charge in [-0.3, -0.25) is 9.59 Å². The Balaban J connectivity index is 1.50. The highest BCUT2D eigenvalue weighted by atomic mass is 35.5. The fourth-order valence-corrected chi connectivity index (χ4v) is 5.74. The number of ether oxygens (including phenoxy) is 1. The van der Waals surface area contributed by atoms with E-state index in [1.807, 2.05) is 4.90 Å². The van der Waals surface area contributed by atoms with Crippen molar-refractivity contribution >= 4 is 23.4 Å². The highest BCUT2D eigenvalue weighted by Crippen LogP contribution is 2.42. The monoisotopic (exact) mass is 522 g/mol. The number of aromatic nitrogens is 3. The molecule has 12 heteroatoms. The minimum atomic E-state index is -2.75. The molecule has 5 rings (SSSR count). The molecule has 0 bridgehead atoms. The smallest absolute Gasteiger partial charge is 0.282 e. The second kappa shape index (κ2) is 10.3. The molecule has 2 aromatic rings. The van der Waals surface area contributed by atoms with Crippen LogP contribution in [0.25, 0.3) is 0 Å². The maximum absolute atomic E-state index is 13.6. The Bertz CT molecular complexity index is 1150. The maximum atomic E-state index is 13.6. The minimum absolute atomic E-state index is 0.00497. The van der Waals surface area contributed by atoms with Gasteiger partial charge in [-0.2, -0.15) is 0 Å². The largest absolute Gasteiger partial charge is 0.487 e. The van der Waals surface area contributed by atoms with Crippen LogP contribution in [0.4, 0.5) is 8.78 Å². The highest BCUT2D eigenvalue weighted by Gasteiger charge is 2.40. The Hall–Kier alpha value is -2.79. The first-order chi connectivity index (χ1) is 17.3. The summed E-state index contributed by atoms with van der Waals surface area (Å²) >= 11 is 6.59. The van der Waals surface area contributed by atoms with Crippen molar-refractivity contribution in [2.24, 2.45) is 7.05 Å². The van der Waals surface area contributed by atoms with Crippen LogP contribution in [0.1, 0.15) is 60.7 Å². The van der Waals surface area contributed by atoms with Crippen LogP contribution in [0.5, 0.6) is 5.75 Å². The third-order valence-electron chi connectivity index (χ3n) is 7.29. The van der Waals surface area contributed by atoms with Crippen LogP contribution in [0.3, 0.4) is 0 Å². The van der Waals surface area contributed by atoms with E-state index in [-0.39, 0.29) is 35.9 Å². The van der Waals surface area contributed by atoms with Gasteiger partial charge in [0.25, 0.3) is 6.43 Å². The lowest BCUT2D eigenvalue weighted by Crippen LogP contribution is -2.51. The van der Waals surface area contributed by atoms with Crippen LogP contribution >= 0.6 is 11.6 Å². The number of fused-ring (bicyclic) bond motifs is 1. The van der Waals surface area contributed by atoms with Gasteiger partial charge in [0, 0.05) is 43.7 Å². The van der Waals surface area contributed by atoms with Crippen LogP contribution in [-0.4, -0.2) is 68.8 Å². The molecule has 0 radical (unpaired) electrons. The van der Waals surface area contributed by atoms with Crippen molar-refractivity contribution < 1.29 is 23.1 Å². The third-order valence-corrected chi connectivity index (χ3v) is 7.65. The van der Waals surface area contributed by atoms with E-state index in [9.17, 15) is 18.4 Å². The zero-order valence-corrected chi connectivity index (χ0v) is 20.8. The lowest BCUT2D eigenvalue weighted by atomic mass is 9.90. The van der Waals surface area contributed by atoms with Gasteiger partial charge in [-0.05, 0) is 49.9 Å². The molecule has 9 nitrogen and oxygen atoms in total. The number of hydrogen-bond donors (Lipinski definition) is 1. The lowest BCUT2D eigenvalue weighted by molar-refractivity contribution is -0.138. The first-order valence-corrected chi connectivity index (χ1v) is 12.6. The summed E-state index contributed by atoms with van der Waals surface area (Å²) in [5.74, 6) is 0.488. The predicted octanol–water partition coefficient (Wildman–Crippen LogP) is 2.79. The number of halogens is 3. The Morgan fingerprint density at radius 1 is 1.28 bits per heavy atom. The SMILES string of the molecule is Cn1nnc(COc2ccc(Cl)c3c2[C@@H](CN2CCCC2=O)N(C(=O)[C@@H]2CCCN2)CC3)c1C(F)F. The number of likely N-dealkylation sites (tertiary alicyclic amines) is 1. The number of nitrogens with one attached hydrogen (secondary N) is 1. The summed E-state index contributed by atoms with van der Waals surface area (Å²) in [6.07, 6.45) is 0.740. The van der Waals surface area contributed by atoms with Gasteiger partial charge in [-0.25, -0.2) is 13.5 Å². The summed E-state index contributed by atoms with van der Waals surface area (Å²) in [6, 6.07) is 2.69. The molecule has 4 heterocycles. The van der Waals surface area contributed by atoms with Gasteiger partial charge in [0.2, 0.25) is 11.8 Å². The van der Waals surface area contributed by atoms with Gasteiger partial charge >= 0.3 is 0 Å². The topological polar surface area (TPSA) is 92.6 Å². The molecular formula is C24H29ClF2N6O3. The number of alkyl halides is 2. The molecule has 1 N–H and O–H groups in total. The quantitative estimate of drug-likeness (QED) is 0.601. The summed E-state index contributed by atoms with van der Waals surface area (Å²) in [6.45, 7) is 2.01. The van der Waals surface area contributed by atoms with Crippen molar-refractivity contribution in [2.45, 2.75) is 57.2 Å². The molecule has 194 valence electrons. The zero-order valence-electron chi connectivity index (χ0n) is 20.1. The van der Waals surface area contributed by atoms with E-state index in [2.05, 4.69) is 15.6 Å². The van der Waals surface area contributed by atoms with Crippen molar-refractivity contribution in [1.29, 1.82) is 0 Å². The first-order valence-electron chi connectivity index (χ1n) is 12.3. The Kier molecular flexibility index (Phi) is 7.11. The molecule has 3 aliphatic heterocycles. The van der Waals surface area contributed by atoms with Crippen LogP contribution in [0.2, 0.25) is 5.02 Å². The third kappa shape index (κ3) is 4.66. The number of hydrogen-bond acceptors (Lipinski definition) is 6. The Morgan fingerprint density at radius 3 is 2.81 bits per heavy atom. The lowest BCUT2D eigenvalue weighted by Gasteiger charge is -2.41. The molecule has 3 aliphatic rings. The van der Waals surface area contributed by atoms with Gasteiger partial charge < -0.3 is 19.9 Å². The van der Waals surface area contributed by atoms with Crippen molar-refractivity contribution in [3.63, 3.8) is 0 Å². The van der Waals surface area contributed by atoms with Crippen molar-refractivity contribution in [3.8, 4) is 5.75 Å². The first kappa shape index (κ1) is 24.9. The molecular weight excluding hydrogens is 494 g/mol. The maximum Gasteiger partial charge on any atom is 0.282 e. The molecule has 0 spiro atoms. The number of rotatable bonds is 7. The van der Waals surface area contributed by atoms with E-state index in [1.54, 1.807) is 17.0 Å². The van der Waals surface area contributed by atoms with Crippen LogP contribution < -0.4 is 10.1 Å². The van der Waals surface area contributed by atoms with Gasteiger partial charge in [-0.1, -0.05) is 16.8 Å². The molecule has 0 aliphatic carbocycles. The molecule has 2 atom stereocenters. The fourth-order valence-electron chi connectivity index (χ4n) is 5.48. The number of nitrogens with zero attached hydrogens (tertiary/aromatic N) is 5. The standard InChI is InChI=1S/C24H29ClF2N6O3/c1-31-22(23(26)27)17(29-30-31)13-36-19-7-6-15(25)14-8-11-33(24(35)16-4-2-9-28-16)18(21(14)19)12-32-10-3-5-20(32)34/h6-7,16,18,23,28H,2-5,8-13H2,1H3/t16-,18+/m0/s1. The summed E-state index contributed by atoms with van der Waals surface area (Å²) < 4.78 is 34.2. The highest BCUT2D eigenvalue weighted by molar-refractivity contribution is 6.31. The van der Waals surface area contributed by atoms with E-state index in [4.69, 9.17) is 16.3 Å². The van der Waals surface area contributed by atoms with Crippen LogP contribution in [-0.2, 0) is 29.7 Å². The fraction of sp³-hybridized carbons (Fsp3) is 0.583. The van der Waals surface area contributed by atoms with Crippen molar-refractivity contribution in [1.82, 2.24) is 30.1 Å². The molecule has 2 amide bonds. The normalized spacial score (nSPS) is 22.0. The summed E-state index contributed by atoms with van der Waals surface area (Å²) in [5.41, 5.74) is 1.31. The molecule has 2 fully saturated rings. The van der Waals surface area contributed by atoms with E-state index < -0.39 is 12.5 Å². The average molecular weight is 523 g/mol. The Morgan fingerprint density at radius 2 is 2.11 bits per heavy atom. The molecule has 2 saturated heterocycles. The summed E-state index contributed by atoms with van der Waals surface area (Å²) in [7, 11) is 1.41.